The molecule has 12 nitrogen and oxygen atoms in total. The molecule has 0 bridgehead atoms. The van der Waals surface area contributed by atoms with E-state index in [1.165, 1.54) is 48.8 Å². The summed E-state index contributed by atoms with van der Waals surface area (Å²) in [7, 11) is 1.61. The summed E-state index contributed by atoms with van der Waals surface area (Å²) >= 11 is 0. The van der Waals surface area contributed by atoms with Crippen LogP contribution in [0.5, 0.6) is 23.1 Å². The second-order valence-corrected chi connectivity index (χ2v) is 12.0. The SMILES string of the molecule is COc1ccc(Cn2nc(OCC3CCNCC3)c3c(Oc4ccc(NC(=O)c5nccn(-c6ccc(F)cc6)c5=O)cc4F)ccnc32)cc1. The molecule has 1 aliphatic rings. The number of nitrogens with zero attached hydrogens (tertiary/aromatic N) is 5. The first-order chi connectivity index (χ1) is 24.9. The highest BCUT2D eigenvalue weighted by atomic mass is 19.1. The number of ether oxygens (including phenoxy) is 3. The first kappa shape index (κ1) is 33.4. The van der Waals surface area contributed by atoms with E-state index in [2.05, 4.69) is 20.6 Å². The summed E-state index contributed by atoms with van der Waals surface area (Å²) in [4.78, 5) is 34.6. The number of rotatable bonds is 11. The Bertz CT molecular complexity index is 2230. The van der Waals surface area contributed by atoms with Crippen molar-refractivity contribution in [3.8, 4) is 28.8 Å². The van der Waals surface area contributed by atoms with E-state index in [9.17, 15) is 14.0 Å². The zero-order valence-corrected chi connectivity index (χ0v) is 27.5. The van der Waals surface area contributed by atoms with Crippen molar-refractivity contribution < 1.29 is 27.8 Å². The summed E-state index contributed by atoms with van der Waals surface area (Å²) in [6, 6.07) is 18.3. The van der Waals surface area contributed by atoms with Crippen molar-refractivity contribution in [1.82, 2.24) is 29.6 Å². The Balaban J connectivity index is 1.13. The highest BCUT2D eigenvalue weighted by Gasteiger charge is 2.23. The van der Waals surface area contributed by atoms with Gasteiger partial charge in [-0.3, -0.25) is 14.2 Å². The molecule has 260 valence electrons. The molecule has 51 heavy (non-hydrogen) atoms. The van der Waals surface area contributed by atoms with Crippen LogP contribution in [0.15, 0.2) is 96.2 Å². The standard InChI is InChI=1S/C37H33F2N7O5/c1-49-28-9-2-23(3-10-28)21-46-34-32(36(44-46)50-22-24-12-15-40-16-13-24)31(14-17-42-34)51-30-11-6-26(20-29(30)39)43-35(47)33-37(48)45(19-18-41-33)27-7-4-25(38)5-8-27/h2-11,14,17-20,24,40H,12-13,15-16,21-22H2,1H3,(H,43,47). The Hall–Kier alpha value is -6.15. The second-order valence-electron chi connectivity index (χ2n) is 12.0. The second kappa shape index (κ2) is 14.8. The molecule has 1 fully saturated rings. The maximum Gasteiger partial charge on any atom is 0.286 e. The third kappa shape index (κ3) is 7.40. The number of fused-ring (bicyclic) bond motifs is 1. The van der Waals surface area contributed by atoms with Crippen LogP contribution in [0.2, 0.25) is 0 Å². The third-order valence-electron chi connectivity index (χ3n) is 8.54. The van der Waals surface area contributed by atoms with E-state index in [4.69, 9.17) is 19.3 Å². The molecule has 7 rings (SSSR count). The lowest BCUT2D eigenvalue weighted by Crippen LogP contribution is -2.30. The maximum atomic E-state index is 15.6. The van der Waals surface area contributed by atoms with Crippen LogP contribution >= 0.6 is 0 Å². The molecule has 0 spiro atoms. The van der Waals surface area contributed by atoms with E-state index in [0.717, 1.165) is 47.9 Å². The molecule has 4 heterocycles. The first-order valence-electron chi connectivity index (χ1n) is 16.3. The molecule has 1 saturated heterocycles. The Morgan fingerprint density at radius 2 is 1.75 bits per heavy atom. The van der Waals surface area contributed by atoms with Crippen molar-refractivity contribution in [3.05, 3.63) is 125 Å². The number of pyridine rings is 1. The maximum absolute atomic E-state index is 15.6. The van der Waals surface area contributed by atoms with Gasteiger partial charge in [0.15, 0.2) is 22.9 Å². The number of amides is 1. The minimum atomic E-state index is -0.847. The number of piperidine rings is 1. The molecular weight excluding hydrogens is 660 g/mol. The third-order valence-corrected chi connectivity index (χ3v) is 8.54. The van der Waals surface area contributed by atoms with Crippen LogP contribution in [0, 0.1) is 17.6 Å². The van der Waals surface area contributed by atoms with E-state index in [0.29, 0.717) is 41.7 Å². The van der Waals surface area contributed by atoms with Gasteiger partial charge in [0.05, 0.1) is 20.3 Å². The van der Waals surface area contributed by atoms with Gasteiger partial charge in [-0.25, -0.2) is 23.4 Å². The molecular formula is C37H33F2N7O5. The number of halogens is 2. The number of hydrogen-bond donors (Lipinski definition) is 2. The van der Waals surface area contributed by atoms with Crippen LogP contribution in [-0.4, -0.2) is 57.0 Å². The molecule has 3 aromatic heterocycles. The monoisotopic (exact) mass is 693 g/mol. The molecule has 0 saturated carbocycles. The molecule has 0 aliphatic carbocycles. The molecule has 1 aliphatic heterocycles. The summed E-state index contributed by atoms with van der Waals surface area (Å²) in [5.41, 5.74) is 0.722. The van der Waals surface area contributed by atoms with Gasteiger partial charge in [-0.15, -0.1) is 5.10 Å². The van der Waals surface area contributed by atoms with Gasteiger partial charge in [0.1, 0.15) is 22.7 Å². The molecule has 1 amide bonds. The van der Waals surface area contributed by atoms with Crippen LogP contribution < -0.4 is 30.4 Å². The number of anilines is 1. The Labute approximate surface area is 290 Å². The van der Waals surface area contributed by atoms with E-state index >= 15 is 4.39 Å². The number of benzene rings is 3. The van der Waals surface area contributed by atoms with Crippen molar-refractivity contribution in [2.45, 2.75) is 19.4 Å². The lowest BCUT2D eigenvalue weighted by molar-refractivity contribution is 0.102. The first-order valence-corrected chi connectivity index (χ1v) is 16.3. The minimum absolute atomic E-state index is 0.0708. The molecule has 0 radical (unpaired) electrons. The van der Waals surface area contributed by atoms with Crippen molar-refractivity contribution >= 4 is 22.6 Å². The normalized spacial score (nSPS) is 13.2. The molecule has 6 aromatic rings. The van der Waals surface area contributed by atoms with Crippen LogP contribution in [0.4, 0.5) is 14.5 Å². The van der Waals surface area contributed by atoms with Crippen LogP contribution in [-0.2, 0) is 6.54 Å². The molecule has 14 heteroatoms. The van der Waals surface area contributed by atoms with Gasteiger partial charge >= 0.3 is 0 Å². The van der Waals surface area contributed by atoms with E-state index in [-0.39, 0.29) is 17.2 Å². The molecule has 0 atom stereocenters. The van der Waals surface area contributed by atoms with Gasteiger partial charge in [-0.05, 0) is 85.9 Å². The Morgan fingerprint density at radius 3 is 2.49 bits per heavy atom. The van der Waals surface area contributed by atoms with E-state index < -0.39 is 28.8 Å². The number of hydrogen-bond acceptors (Lipinski definition) is 9. The fraction of sp³-hybridized carbons (Fsp3) is 0.216. The lowest BCUT2D eigenvalue weighted by atomic mass is 9.99. The van der Waals surface area contributed by atoms with Crippen LogP contribution in [0.3, 0.4) is 0 Å². The average molecular weight is 694 g/mol. The highest BCUT2D eigenvalue weighted by Crippen LogP contribution is 2.37. The van der Waals surface area contributed by atoms with Crippen molar-refractivity contribution in [1.29, 1.82) is 0 Å². The van der Waals surface area contributed by atoms with Gasteiger partial charge in [-0.2, -0.15) is 0 Å². The summed E-state index contributed by atoms with van der Waals surface area (Å²) in [5.74, 6) is -0.514. The zero-order valence-electron chi connectivity index (χ0n) is 27.5. The number of nitrogens with one attached hydrogen (secondary N) is 2. The highest BCUT2D eigenvalue weighted by molar-refractivity contribution is 6.02. The van der Waals surface area contributed by atoms with E-state index in [1.54, 1.807) is 24.1 Å². The molecule has 3 aromatic carbocycles. The fourth-order valence-corrected chi connectivity index (χ4v) is 5.83. The number of methoxy groups -OCH3 is 1. The molecule has 0 unspecified atom stereocenters. The summed E-state index contributed by atoms with van der Waals surface area (Å²) < 4.78 is 49.5. The quantitative estimate of drug-likeness (QED) is 0.174. The van der Waals surface area contributed by atoms with Crippen molar-refractivity contribution in [2.75, 3.05) is 32.1 Å². The van der Waals surface area contributed by atoms with Crippen LogP contribution in [0.25, 0.3) is 16.7 Å². The number of carbonyl (C=O) groups is 1. The van der Waals surface area contributed by atoms with Gasteiger partial charge < -0.3 is 24.8 Å². The zero-order chi connectivity index (χ0) is 35.3. The van der Waals surface area contributed by atoms with Gasteiger partial charge in [-0.1, -0.05) is 12.1 Å². The van der Waals surface area contributed by atoms with Crippen molar-refractivity contribution in [2.24, 2.45) is 5.92 Å². The number of carbonyl (C=O) groups excluding carboxylic acids is 1. The molecule has 2 N–H and O–H groups in total. The fourth-order valence-electron chi connectivity index (χ4n) is 5.83. The summed E-state index contributed by atoms with van der Waals surface area (Å²) in [6.45, 7) is 2.69. The largest absolute Gasteiger partial charge is 0.497 e. The lowest BCUT2D eigenvalue weighted by Gasteiger charge is -2.22. The average Bonchev–Trinajstić information content (AvgIpc) is 3.50. The van der Waals surface area contributed by atoms with Crippen LogP contribution in [0.1, 0.15) is 28.9 Å². The topological polar surface area (TPSA) is 134 Å². The summed E-state index contributed by atoms with van der Waals surface area (Å²) in [5, 5.41) is 11.1. The summed E-state index contributed by atoms with van der Waals surface area (Å²) in [6.07, 6.45) is 6.14. The van der Waals surface area contributed by atoms with Gasteiger partial charge in [0, 0.05) is 42.1 Å². The number of aromatic nitrogens is 5. The predicted molar refractivity (Wildman–Crippen MR) is 185 cm³/mol. The Morgan fingerprint density at radius 1 is 0.961 bits per heavy atom. The minimum Gasteiger partial charge on any atom is -0.497 e. The Kier molecular flexibility index (Phi) is 9.65. The van der Waals surface area contributed by atoms with Crippen molar-refractivity contribution in [3.63, 3.8) is 0 Å². The predicted octanol–water partition coefficient (Wildman–Crippen LogP) is 5.74. The van der Waals surface area contributed by atoms with Gasteiger partial charge in [0.25, 0.3) is 11.5 Å². The van der Waals surface area contributed by atoms with Gasteiger partial charge in [0.2, 0.25) is 5.88 Å². The van der Waals surface area contributed by atoms with E-state index in [1.807, 2.05) is 24.3 Å². The smallest absolute Gasteiger partial charge is 0.286 e.